The third-order valence-corrected chi connectivity index (χ3v) is 6.21. The number of thiophene rings is 1. The molecule has 1 unspecified atom stereocenters. The molecule has 1 atom stereocenters. The topological polar surface area (TPSA) is 12.0 Å². The Bertz CT molecular complexity index is 537. The highest BCUT2D eigenvalue weighted by Gasteiger charge is 2.17. The summed E-state index contributed by atoms with van der Waals surface area (Å²) >= 11 is 8.67. The summed E-state index contributed by atoms with van der Waals surface area (Å²) in [5.74, 6) is -0.139. The van der Waals surface area contributed by atoms with Crippen LogP contribution >= 0.6 is 43.2 Å². The summed E-state index contributed by atoms with van der Waals surface area (Å²) in [5, 5.41) is 3.42. The van der Waals surface area contributed by atoms with Crippen molar-refractivity contribution in [2.24, 2.45) is 0 Å². The van der Waals surface area contributed by atoms with E-state index >= 15 is 0 Å². The molecule has 5 heteroatoms. The number of hydrogen-bond donors (Lipinski definition) is 1. The molecule has 1 nitrogen and oxygen atoms in total. The Morgan fingerprint density at radius 3 is 2.63 bits per heavy atom. The number of nitrogens with one attached hydrogen (secondary N) is 1. The molecule has 2 aromatic rings. The highest BCUT2D eigenvalue weighted by Crippen LogP contribution is 2.36. The van der Waals surface area contributed by atoms with Gasteiger partial charge in [-0.15, -0.1) is 11.3 Å². The number of benzene rings is 1. The summed E-state index contributed by atoms with van der Waals surface area (Å²) in [5.41, 5.74) is 0.745. The predicted molar refractivity (Wildman–Crippen MR) is 86.2 cm³/mol. The van der Waals surface area contributed by atoms with Gasteiger partial charge < -0.3 is 5.32 Å². The van der Waals surface area contributed by atoms with Crippen LogP contribution in [0.4, 0.5) is 4.39 Å². The normalized spacial score (nSPS) is 12.6. The molecule has 0 bridgehead atoms. The monoisotopic (exact) mass is 405 g/mol. The van der Waals surface area contributed by atoms with E-state index in [1.54, 1.807) is 17.4 Å². The van der Waals surface area contributed by atoms with Crippen molar-refractivity contribution in [1.29, 1.82) is 0 Å². The first-order valence-corrected chi connectivity index (χ1v) is 8.43. The number of likely N-dealkylation sites (N-methyl/N-ethyl adjacent to an activating group) is 1. The average molecular weight is 407 g/mol. The summed E-state index contributed by atoms with van der Waals surface area (Å²) < 4.78 is 15.9. The number of hydrogen-bond acceptors (Lipinski definition) is 2. The number of rotatable bonds is 5. The van der Waals surface area contributed by atoms with Crippen molar-refractivity contribution < 1.29 is 4.39 Å². The molecule has 1 aromatic carbocycles. The third kappa shape index (κ3) is 3.88. The second-order valence-electron chi connectivity index (χ2n) is 4.18. The second kappa shape index (κ2) is 6.97. The quantitative estimate of drug-likeness (QED) is 0.709. The lowest BCUT2D eigenvalue weighted by molar-refractivity contribution is 0.534. The van der Waals surface area contributed by atoms with Gasteiger partial charge in [-0.3, -0.25) is 0 Å². The van der Waals surface area contributed by atoms with Gasteiger partial charge in [0.05, 0.1) is 3.79 Å². The lowest BCUT2D eigenvalue weighted by Crippen LogP contribution is -2.22. The van der Waals surface area contributed by atoms with Gasteiger partial charge in [-0.1, -0.05) is 25.1 Å². The van der Waals surface area contributed by atoms with E-state index in [9.17, 15) is 4.39 Å². The van der Waals surface area contributed by atoms with Crippen LogP contribution in [0.3, 0.4) is 0 Å². The second-order valence-corrected chi connectivity index (χ2v) is 7.43. The first kappa shape index (κ1) is 15.2. The van der Waals surface area contributed by atoms with E-state index in [2.05, 4.69) is 50.2 Å². The minimum absolute atomic E-state index is 0.134. The Kier molecular flexibility index (Phi) is 5.57. The first-order valence-electron chi connectivity index (χ1n) is 6.03. The van der Waals surface area contributed by atoms with Crippen molar-refractivity contribution in [3.05, 3.63) is 54.8 Å². The molecule has 1 aromatic heterocycles. The molecular weight excluding hydrogens is 393 g/mol. The maximum absolute atomic E-state index is 13.7. The zero-order valence-electron chi connectivity index (χ0n) is 10.4. The molecule has 1 heterocycles. The Balaban J connectivity index is 2.23. The summed E-state index contributed by atoms with van der Waals surface area (Å²) in [7, 11) is 0. The molecule has 19 heavy (non-hydrogen) atoms. The molecule has 102 valence electrons. The fraction of sp³-hybridized carbons (Fsp3) is 0.286. The van der Waals surface area contributed by atoms with Crippen LogP contribution in [0.5, 0.6) is 0 Å². The van der Waals surface area contributed by atoms with Crippen molar-refractivity contribution in [3.63, 3.8) is 0 Å². The Labute approximate surface area is 133 Å². The average Bonchev–Trinajstić information content (AvgIpc) is 2.72. The summed E-state index contributed by atoms with van der Waals surface area (Å²) in [4.78, 5) is 1.20. The van der Waals surface area contributed by atoms with E-state index in [0.717, 1.165) is 20.4 Å². The predicted octanol–water partition coefficient (Wildman–Crippen LogP) is 5.31. The van der Waals surface area contributed by atoms with Crippen molar-refractivity contribution in [2.75, 3.05) is 6.54 Å². The van der Waals surface area contributed by atoms with Gasteiger partial charge in [0.1, 0.15) is 5.82 Å². The van der Waals surface area contributed by atoms with Gasteiger partial charge in [0, 0.05) is 15.4 Å². The van der Waals surface area contributed by atoms with Crippen molar-refractivity contribution in [1.82, 2.24) is 5.32 Å². The molecule has 0 saturated heterocycles. The van der Waals surface area contributed by atoms with E-state index in [1.165, 1.54) is 10.9 Å². The van der Waals surface area contributed by atoms with Crippen LogP contribution in [0.1, 0.15) is 23.4 Å². The highest BCUT2D eigenvalue weighted by atomic mass is 79.9. The fourth-order valence-electron chi connectivity index (χ4n) is 1.94. The first-order chi connectivity index (χ1) is 9.11. The van der Waals surface area contributed by atoms with Gasteiger partial charge in [0.15, 0.2) is 0 Å². The minimum atomic E-state index is -0.139. The standard InChI is InChI=1S/C14H14Br2FNS/c1-2-18-12(13-8-10(15)14(16)19-13)7-9-5-3-4-6-11(9)17/h3-6,8,12,18H,2,7H2,1H3. The van der Waals surface area contributed by atoms with Crippen molar-refractivity contribution in [2.45, 2.75) is 19.4 Å². The van der Waals surface area contributed by atoms with Gasteiger partial charge in [0.25, 0.3) is 0 Å². The van der Waals surface area contributed by atoms with Crippen LogP contribution in [0.25, 0.3) is 0 Å². The van der Waals surface area contributed by atoms with E-state index in [4.69, 9.17) is 0 Å². The van der Waals surface area contributed by atoms with Gasteiger partial charge in [0.2, 0.25) is 0 Å². The van der Waals surface area contributed by atoms with E-state index in [1.807, 2.05) is 12.1 Å². The van der Waals surface area contributed by atoms with Gasteiger partial charge in [-0.25, -0.2) is 4.39 Å². The molecule has 2 rings (SSSR count). The van der Waals surface area contributed by atoms with Gasteiger partial charge in [-0.2, -0.15) is 0 Å². The van der Waals surface area contributed by atoms with Crippen LogP contribution in [0, 0.1) is 5.82 Å². The fourth-order valence-corrected chi connectivity index (χ4v) is 4.10. The molecule has 0 fully saturated rings. The van der Waals surface area contributed by atoms with Crippen LogP contribution in [-0.2, 0) is 6.42 Å². The molecule has 0 amide bonds. The molecule has 0 aliphatic rings. The van der Waals surface area contributed by atoms with Crippen molar-refractivity contribution >= 4 is 43.2 Å². The summed E-state index contributed by atoms with van der Waals surface area (Å²) in [6, 6.07) is 9.18. The highest BCUT2D eigenvalue weighted by molar-refractivity contribution is 9.13. The summed E-state index contributed by atoms with van der Waals surface area (Å²) in [6.45, 7) is 2.91. The minimum Gasteiger partial charge on any atom is -0.309 e. The Morgan fingerprint density at radius 1 is 1.32 bits per heavy atom. The zero-order chi connectivity index (χ0) is 13.8. The molecule has 0 aliphatic carbocycles. The molecule has 1 N–H and O–H groups in total. The molecule has 0 spiro atoms. The SMILES string of the molecule is CCNC(Cc1ccccc1F)c1cc(Br)c(Br)s1. The van der Waals surface area contributed by atoms with E-state index in [0.29, 0.717) is 6.42 Å². The Hall–Kier alpha value is -0.230. The summed E-state index contributed by atoms with van der Waals surface area (Å²) in [6.07, 6.45) is 0.653. The molecule has 0 radical (unpaired) electrons. The third-order valence-electron chi connectivity index (χ3n) is 2.84. The largest absolute Gasteiger partial charge is 0.309 e. The van der Waals surface area contributed by atoms with E-state index < -0.39 is 0 Å². The van der Waals surface area contributed by atoms with Crippen molar-refractivity contribution in [3.8, 4) is 0 Å². The van der Waals surface area contributed by atoms with Gasteiger partial charge >= 0.3 is 0 Å². The maximum Gasteiger partial charge on any atom is 0.126 e. The lowest BCUT2D eigenvalue weighted by atomic mass is 10.0. The Morgan fingerprint density at radius 2 is 2.05 bits per heavy atom. The smallest absolute Gasteiger partial charge is 0.126 e. The maximum atomic E-state index is 13.7. The van der Waals surface area contributed by atoms with Crippen LogP contribution in [0.15, 0.2) is 38.6 Å². The number of halogens is 3. The van der Waals surface area contributed by atoms with E-state index in [-0.39, 0.29) is 11.9 Å². The zero-order valence-corrected chi connectivity index (χ0v) is 14.4. The molecular formula is C14H14Br2FNS. The molecule has 0 aliphatic heterocycles. The van der Waals surface area contributed by atoms with Crippen LogP contribution in [-0.4, -0.2) is 6.54 Å². The molecule has 0 saturated carbocycles. The lowest BCUT2D eigenvalue weighted by Gasteiger charge is -2.16. The van der Waals surface area contributed by atoms with Crippen LogP contribution in [0.2, 0.25) is 0 Å². The van der Waals surface area contributed by atoms with Crippen LogP contribution < -0.4 is 5.32 Å². The van der Waals surface area contributed by atoms with Gasteiger partial charge in [-0.05, 0) is 62.5 Å².